The van der Waals surface area contributed by atoms with Gasteiger partial charge in [-0.1, -0.05) is 0 Å². The van der Waals surface area contributed by atoms with Gasteiger partial charge in [-0.15, -0.1) is 11.3 Å². The molecule has 0 radical (unpaired) electrons. The lowest BCUT2D eigenvalue weighted by molar-refractivity contribution is -0.0274. The van der Waals surface area contributed by atoms with Gasteiger partial charge in [0, 0.05) is 11.4 Å². The van der Waals surface area contributed by atoms with E-state index in [-0.39, 0.29) is 0 Å². The van der Waals surface area contributed by atoms with Crippen molar-refractivity contribution in [1.29, 1.82) is 0 Å². The van der Waals surface area contributed by atoms with Crippen LogP contribution in [0.15, 0.2) is 11.4 Å². The van der Waals surface area contributed by atoms with Crippen molar-refractivity contribution in [1.82, 2.24) is 4.90 Å². The van der Waals surface area contributed by atoms with Crippen LogP contribution in [-0.4, -0.2) is 30.1 Å². The lowest BCUT2D eigenvalue weighted by atomic mass is 9.87. The first-order valence-electron chi connectivity index (χ1n) is 5.07. The van der Waals surface area contributed by atoms with Crippen LogP contribution in [0.5, 0.6) is 0 Å². The van der Waals surface area contributed by atoms with Gasteiger partial charge in [0.25, 0.3) is 0 Å². The number of likely N-dealkylation sites (tertiary alicyclic amines) is 1. The molecule has 3 heteroatoms. The van der Waals surface area contributed by atoms with Crippen LogP contribution in [0.1, 0.15) is 23.3 Å². The molecule has 78 valence electrons. The third-order valence-corrected chi connectivity index (χ3v) is 3.79. The molecule has 0 saturated carbocycles. The Kier molecular flexibility index (Phi) is 2.64. The highest BCUT2D eigenvalue weighted by molar-refractivity contribution is 7.10. The van der Waals surface area contributed by atoms with E-state index in [0.29, 0.717) is 0 Å². The summed E-state index contributed by atoms with van der Waals surface area (Å²) in [5, 5.41) is 12.6. The lowest BCUT2D eigenvalue weighted by Crippen LogP contribution is -2.43. The Hall–Kier alpha value is -0.380. The average Bonchev–Trinajstić information content (AvgIpc) is 2.52. The zero-order valence-corrected chi connectivity index (χ0v) is 9.60. The smallest absolute Gasteiger partial charge is 0.103 e. The fourth-order valence-corrected chi connectivity index (χ4v) is 2.96. The number of hydrogen-bond acceptors (Lipinski definition) is 3. The second-order valence-corrected chi connectivity index (χ2v) is 5.43. The van der Waals surface area contributed by atoms with E-state index in [0.717, 1.165) is 31.5 Å². The van der Waals surface area contributed by atoms with Crippen molar-refractivity contribution in [3.05, 3.63) is 21.9 Å². The summed E-state index contributed by atoms with van der Waals surface area (Å²) in [5.74, 6) is 0. The maximum Gasteiger partial charge on any atom is 0.103 e. The molecule has 0 spiro atoms. The Bertz CT molecular complexity index is 323. The zero-order chi connectivity index (χ0) is 10.2. The molecule has 2 nitrogen and oxygen atoms in total. The number of rotatable bonds is 1. The lowest BCUT2D eigenvalue weighted by Gasteiger charge is -2.37. The first-order valence-corrected chi connectivity index (χ1v) is 5.95. The molecule has 1 aromatic rings. The van der Waals surface area contributed by atoms with Crippen LogP contribution < -0.4 is 0 Å². The number of aliphatic hydroxyl groups is 1. The van der Waals surface area contributed by atoms with E-state index in [2.05, 4.69) is 30.3 Å². The van der Waals surface area contributed by atoms with Crippen molar-refractivity contribution in [3.8, 4) is 0 Å². The number of aryl methyl sites for hydroxylation is 1. The molecule has 1 aliphatic heterocycles. The summed E-state index contributed by atoms with van der Waals surface area (Å²) in [7, 11) is 2.07. The molecule has 1 atom stereocenters. The number of thiophene rings is 1. The van der Waals surface area contributed by atoms with Crippen molar-refractivity contribution in [3.63, 3.8) is 0 Å². The van der Waals surface area contributed by atoms with Crippen molar-refractivity contribution < 1.29 is 5.11 Å². The predicted octanol–water partition coefficient (Wildman–Crippen LogP) is 1.97. The van der Waals surface area contributed by atoms with Gasteiger partial charge in [-0.05, 0) is 50.4 Å². The van der Waals surface area contributed by atoms with Gasteiger partial charge in [0.2, 0.25) is 0 Å². The Morgan fingerprint density at radius 3 is 2.93 bits per heavy atom. The van der Waals surface area contributed by atoms with Crippen LogP contribution in [0.3, 0.4) is 0 Å². The number of piperidine rings is 1. The molecular weight excluding hydrogens is 194 g/mol. The highest BCUT2D eigenvalue weighted by Gasteiger charge is 2.34. The largest absolute Gasteiger partial charge is 0.384 e. The minimum atomic E-state index is -0.599. The number of likely N-dealkylation sites (N-methyl/N-ethyl adjacent to an activating group) is 1. The van der Waals surface area contributed by atoms with Crippen LogP contribution in [0.2, 0.25) is 0 Å². The van der Waals surface area contributed by atoms with E-state index < -0.39 is 5.60 Å². The molecule has 1 N–H and O–H groups in total. The molecule has 1 unspecified atom stereocenters. The Balaban J connectivity index is 2.22. The van der Waals surface area contributed by atoms with Crippen molar-refractivity contribution in [2.24, 2.45) is 0 Å². The van der Waals surface area contributed by atoms with Gasteiger partial charge in [0.1, 0.15) is 5.60 Å². The normalized spacial score (nSPS) is 29.4. The van der Waals surface area contributed by atoms with Gasteiger partial charge < -0.3 is 10.0 Å². The Labute approximate surface area is 89.2 Å². The summed E-state index contributed by atoms with van der Waals surface area (Å²) in [6.07, 6.45) is 1.98. The highest BCUT2D eigenvalue weighted by atomic mass is 32.1. The van der Waals surface area contributed by atoms with Crippen molar-refractivity contribution in [2.75, 3.05) is 20.1 Å². The third kappa shape index (κ3) is 1.85. The molecule has 1 saturated heterocycles. The number of nitrogens with zero attached hydrogens (tertiary/aromatic N) is 1. The molecule has 1 aromatic heterocycles. The SMILES string of the molecule is Cc1cc(C2(O)CCCN(C)C2)cs1. The summed E-state index contributed by atoms with van der Waals surface area (Å²) < 4.78 is 0. The van der Waals surface area contributed by atoms with Crippen molar-refractivity contribution >= 4 is 11.3 Å². The average molecular weight is 211 g/mol. The molecule has 14 heavy (non-hydrogen) atoms. The van der Waals surface area contributed by atoms with Gasteiger partial charge in [-0.2, -0.15) is 0 Å². The summed E-state index contributed by atoms with van der Waals surface area (Å²) in [4.78, 5) is 3.48. The van der Waals surface area contributed by atoms with Gasteiger partial charge in [-0.25, -0.2) is 0 Å². The Morgan fingerprint density at radius 1 is 1.57 bits per heavy atom. The standard InChI is InChI=1S/C11H17NOS/c1-9-6-10(7-14-9)11(13)4-3-5-12(2)8-11/h6-7,13H,3-5,8H2,1-2H3. The second kappa shape index (κ2) is 3.65. The second-order valence-electron chi connectivity index (χ2n) is 4.32. The molecule has 0 aromatic carbocycles. The molecule has 0 amide bonds. The first kappa shape index (κ1) is 10.1. The molecule has 0 aliphatic carbocycles. The van der Waals surface area contributed by atoms with Crippen molar-refractivity contribution in [2.45, 2.75) is 25.4 Å². The molecular formula is C11H17NOS. The zero-order valence-electron chi connectivity index (χ0n) is 8.79. The fraction of sp³-hybridized carbons (Fsp3) is 0.636. The van der Waals surface area contributed by atoms with E-state index >= 15 is 0 Å². The quantitative estimate of drug-likeness (QED) is 0.767. The topological polar surface area (TPSA) is 23.5 Å². The van der Waals surface area contributed by atoms with E-state index in [9.17, 15) is 5.11 Å². The monoisotopic (exact) mass is 211 g/mol. The van der Waals surface area contributed by atoms with Gasteiger partial charge in [0.05, 0.1) is 0 Å². The molecule has 2 rings (SSSR count). The van der Waals surface area contributed by atoms with Crippen LogP contribution in [0.25, 0.3) is 0 Å². The number of β-amino-alcohol motifs (C(OH)–C–C–N with tert-alkyl or cyclic N) is 1. The summed E-state index contributed by atoms with van der Waals surface area (Å²) in [6.45, 7) is 3.96. The van der Waals surface area contributed by atoms with Gasteiger partial charge in [0.15, 0.2) is 0 Å². The summed E-state index contributed by atoms with van der Waals surface area (Å²) in [6, 6.07) is 2.11. The molecule has 1 fully saturated rings. The maximum absolute atomic E-state index is 10.5. The first-order chi connectivity index (χ1) is 6.60. The van der Waals surface area contributed by atoms with Gasteiger partial charge in [-0.3, -0.25) is 0 Å². The highest BCUT2D eigenvalue weighted by Crippen LogP contribution is 2.33. The van der Waals surface area contributed by atoms with E-state index in [4.69, 9.17) is 0 Å². The number of hydrogen-bond donors (Lipinski definition) is 1. The van der Waals surface area contributed by atoms with Crippen LogP contribution >= 0.6 is 11.3 Å². The minimum absolute atomic E-state index is 0.599. The Morgan fingerprint density at radius 2 is 2.36 bits per heavy atom. The third-order valence-electron chi connectivity index (χ3n) is 2.93. The fourth-order valence-electron chi connectivity index (χ4n) is 2.17. The minimum Gasteiger partial charge on any atom is -0.384 e. The maximum atomic E-state index is 10.5. The van der Waals surface area contributed by atoms with E-state index in [1.165, 1.54) is 4.88 Å². The predicted molar refractivity (Wildman–Crippen MR) is 59.7 cm³/mol. The summed E-state index contributed by atoms with van der Waals surface area (Å²) in [5.41, 5.74) is 0.504. The van der Waals surface area contributed by atoms with Crippen LogP contribution in [-0.2, 0) is 5.60 Å². The van der Waals surface area contributed by atoms with Gasteiger partial charge >= 0.3 is 0 Å². The van der Waals surface area contributed by atoms with Crippen LogP contribution in [0, 0.1) is 6.92 Å². The van der Waals surface area contributed by atoms with E-state index in [1.807, 2.05) is 0 Å². The summed E-state index contributed by atoms with van der Waals surface area (Å²) >= 11 is 1.72. The molecule has 2 heterocycles. The van der Waals surface area contributed by atoms with Crippen LogP contribution in [0.4, 0.5) is 0 Å². The van der Waals surface area contributed by atoms with E-state index in [1.54, 1.807) is 11.3 Å². The molecule has 1 aliphatic rings. The molecule has 0 bridgehead atoms.